The SMILES string of the molecule is Cc1ccccc1CC(=O)N1CCCN(C(=O)Cc2cc[nH]c2)CC1. The lowest BCUT2D eigenvalue weighted by molar-refractivity contribution is -0.132. The number of rotatable bonds is 4. The summed E-state index contributed by atoms with van der Waals surface area (Å²) >= 11 is 0. The molecule has 0 spiro atoms. The third-order valence-corrected chi connectivity index (χ3v) is 4.82. The second-order valence-corrected chi connectivity index (χ2v) is 6.61. The molecule has 0 radical (unpaired) electrons. The Balaban J connectivity index is 1.55. The van der Waals surface area contributed by atoms with E-state index in [0.29, 0.717) is 25.9 Å². The maximum atomic E-state index is 12.6. The van der Waals surface area contributed by atoms with Crippen molar-refractivity contribution in [3.05, 3.63) is 59.4 Å². The lowest BCUT2D eigenvalue weighted by atomic mass is 10.1. The first-order chi connectivity index (χ1) is 12.1. The number of amides is 2. The molecule has 1 saturated heterocycles. The molecule has 0 aliphatic carbocycles. The lowest BCUT2D eigenvalue weighted by Gasteiger charge is -2.22. The van der Waals surface area contributed by atoms with Crippen molar-refractivity contribution in [1.29, 1.82) is 0 Å². The maximum absolute atomic E-state index is 12.6. The topological polar surface area (TPSA) is 56.4 Å². The van der Waals surface area contributed by atoms with E-state index in [-0.39, 0.29) is 11.8 Å². The van der Waals surface area contributed by atoms with Crippen molar-refractivity contribution in [3.8, 4) is 0 Å². The van der Waals surface area contributed by atoms with Crippen molar-refractivity contribution in [2.24, 2.45) is 0 Å². The fourth-order valence-corrected chi connectivity index (χ4v) is 3.25. The van der Waals surface area contributed by atoms with Crippen molar-refractivity contribution >= 4 is 11.8 Å². The molecule has 0 bridgehead atoms. The molecule has 1 fully saturated rings. The number of aryl methyl sites for hydroxylation is 1. The molecule has 1 N–H and O–H groups in total. The third kappa shape index (κ3) is 4.50. The summed E-state index contributed by atoms with van der Waals surface area (Å²) in [7, 11) is 0. The van der Waals surface area contributed by atoms with Gasteiger partial charge in [0.2, 0.25) is 11.8 Å². The van der Waals surface area contributed by atoms with Gasteiger partial charge in [-0.3, -0.25) is 9.59 Å². The highest BCUT2D eigenvalue weighted by molar-refractivity contribution is 5.80. The Morgan fingerprint density at radius 1 is 0.960 bits per heavy atom. The van der Waals surface area contributed by atoms with Crippen LogP contribution in [0.15, 0.2) is 42.7 Å². The normalized spacial score (nSPS) is 15.1. The van der Waals surface area contributed by atoms with Crippen LogP contribution < -0.4 is 0 Å². The Hall–Kier alpha value is -2.56. The average molecular weight is 339 g/mol. The Labute approximate surface area is 148 Å². The van der Waals surface area contributed by atoms with Gasteiger partial charge < -0.3 is 14.8 Å². The minimum absolute atomic E-state index is 0.132. The number of hydrogen-bond donors (Lipinski definition) is 1. The number of benzene rings is 1. The average Bonchev–Trinajstić information content (AvgIpc) is 2.98. The number of carbonyl (C=O) groups excluding carboxylic acids is 2. The zero-order chi connectivity index (χ0) is 17.6. The number of aromatic nitrogens is 1. The monoisotopic (exact) mass is 339 g/mol. The van der Waals surface area contributed by atoms with Crippen LogP contribution in [0.1, 0.15) is 23.1 Å². The van der Waals surface area contributed by atoms with Crippen LogP contribution in [0.5, 0.6) is 0 Å². The Kier molecular flexibility index (Phi) is 5.53. The van der Waals surface area contributed by atoms with Crippen LogP contribution in [0, 0.1) is 6.92 Å². The highest BCUT2D eigenvalue weighted by Gasteiger charge is 2.22. The van der Waals surface area contributed by atoms with Crippen LogP contribution in [0.3, 0.4) is 0 Å². The number of aromatic amines is 1. The van der Waals surface area contributed by atoms with Gasteiger partial charge in [0.25, 0.3) is 0 Å². The van der Waals surface area contributed by atoms with Gasteiger partial charge in [0.15, 0.2) is 0 Å². The van der Waals surface area contributed by atoms with Crippen molar-refractivity contribution < 1.29 is 9.59 Å². The standard InChI is InChI=1S/C20H25N3O2/c1-16-5-2-3-6-18(16)14-20(25)23-10-4-9-22(11-12-23)19(24)13-17-7-8-21-15-17/h2-3,5-8,15,21H,4,9-14H2,1H3. The smallest absolute Gasteiger partial charge is 0.227 e. The number of nitrogens with one attached hydrogen (secondary N) is 1. The fraction of sp³-hybridized carbons (Fsp3) is 0.400. The van der Waals surface area contributed by atoms with Gasteiger partial charge in [-0.1, -0.05) is 24.3 Å². The summed E-state index contributed by atoms with van der Waals surface area (Å²) in [5, 5.41) is 0. The first kappa shape index (κ1) is 17.3. The molecule has 5 heteroatoms. The molecule has 1 aromatic heterocycles. The summed E-state index contributed by atoms with van der Waals surface area (Å²) in [4.78, 5) is 31.8. The van der Waals surface area contributed by atoms with Gasteiger partial charge in [-0.25, -0.2) is 0 Å². The van der Waals surface area contributed by atoms with E-state index in [9.17, 15) is 9.59 Å². The van der Waals surface area contributed by atoms with Crippen molar-refractivity contribution in [2.45, 2.75) is 26.2 Å². The molecule has 2 heterocycles. The van der Waals surface area contributed by atoms with Crippen LogP contribution in [0.25, 0.3) is 0 Å². The van der Waals surface area contributed by atoms with Gasteiger partial charge in [-0.05, 0) is 36.1 Å². The van der Waals surface area contributed by atoms with Gasteiger partial charge >= 0.3 is 0 Å². The molecule has 2 amide bonds. The molecule has 1 aliphatic heterocycles. The van der Waals surface area contributed by atoms with E-state index in [4.69, 9.17) is 0 Å². The van der Waals surface area contributed by atoms with Crippen LogP contribution in [-0.2, 0) is 22.4 Å². The maximum Gasteiger partial charge on any atom is 0.227 e. The molecule has 3 rings (SSSR count). The molecule has 1 aliphatic rings. The number of nitrogens with zero attached hydrogens (tertiary/aromatic N) is 2. The summed E-state index contributed by atoms with van der Waals surface area (Å²) in [5.74, 6) is 0.280. The molecular weight excluding hydrogens is 314 g/mol. The molecular formula is C20H25N3O2. The van der Waals surface area contributed by atoms with Crippen LogP contribution in [-0.4, -0.2) is 52.8 Å². The lowest BCUT2D eigenvalue weighted by Crippen LogP contribution is -2.38. The predicted octanol–water partition coefficient (Wildman–Crippen LogP) is 2.17. The van der Waals surface area contributed by atoms with E-state index in [2.05, 4.69) is 4.98 Å². The van der Waals surface area contributed by atoms with Gasteiger partial charge in [0, 0.05) is 38.6 Å². The van der Waals surface area contributed by atoms with E-state index in [1.807, 2.05) is 59.4 Å². The molecule has 0 unspecified atom stereocenters. The number of H-pyrrole nitrogens is 1. The first-order valence-electron chi connectivity index (χ1n) is 8.85. The molecule has 5 nitrogen and oxygen atoms in total. The van der Waals surface area contributed by atoms with Gasteiger partial charge in [-0.2, -0.15) is 0 Å². The van der Waals surface area contributed by atoms with Gasteiger partial charge in [-0.15, -0.1) is 0 Å². The van der Waals surface area contributed by atoms with Crippen LogP contribution in [0.4, 0.5) is 0 Å². The molecule has 2 aromatic rings. The number of hydrogen-bond acceptors (Lipinski definition) is 2. The minimum atomic E-state index is 0.132. The second-order valence-electron chi connectivity index (χ2n) is 6.61. The summed E-state index contributed by atoms with van der Waals surface area (Å²) in [5.41, 5.74) is 3.23. The molecule has 132 valence electrons. The van der Waals surface area contributed by atoms with Crippen LogP contribution in [0.2, 0.25) is 0 Å². The van der Waals surface area contributed by atoms with E-state index < -0.39 is 0 Å². The van der Waals surface area contributed by atoms with E-state index in [0.717, 1.165) is 36.2 Å². The Morgan fingerprint density at radius 3 is 2.28 bits per heavy atom. The summed E-state index contributed by atoms with van der Waals surface area (Å²) in [6.07, 6.45) is 5.37. The summed E-state index contributed by atoms with van der Waals surface area (Å²) in [6.45, 7) is 4.70. The Bertz CT molecular complexity index is 724. The minimum Gasteiger partial charge on any atom is -0.367 e. The van der Waals surface area contributed by atoms with Gasteiger partial charge in [0.1, 0.15) is 0 Å². The molecule has 0 atom stereocenters. The first-order valence-corrected chi connectivity index (χ1v) is 8.85. The zero-order valence-electron chi connectivity index (χ0n) is 14.7. The van der Waals surface area contributed by atoms with E-state index in [1.54, 1.807) is 0 Å². The van der Waals surface area contributed by atoms with Crippen LogP contribution >= 0.6 is 0 Å². The van der Waals surface area contributed by atoms with Gasteiger partial charge in [0.05, 0.1) is 12.8 Å². The highest BCUT2D eigenvalue weighted by Crippen LogP contribution is 2.12. The third-order valence-electron chi connectivity index (χ3n) is 4.82. The molecule has 25 heavy (non-hydrogen) atoms. The van der Waals surface area contributed by atoms with Crippen molar-refractivity contribution in [1.82, 2.24) is 14.8 Å². The second kappa shape index (κ2) is 8.01. The quantitative estimate of drug-likeness (QED) is 0.928. The Morgan fingerprint density at radius 2 is 1.64 bits per heavy atom. The number of carbonyl (C=O) groups is 2. The van der Waals surface area contributed by atoms with Crippen molar-refractivity contribution in [2.75, 3.05) is 26.2 Å². The highest BCUT2D eigenvalue weighted by atomic mass is 16.2. The van der Waals surface area contributed by atoms with Crippen molar-refractivity contribution in [3.63, 3.8) is 0 Å². The summed E-state index contributed by atoms with van der Waals surface area (Å²) in [6, 6.07) is 9.93. The molecule has 1 aromatic carbocycles. The van der Waals surface area contributed by atoms with E-state index >= 15 is 0 Å². The predicted molar refractivity (Wildman–Crippen MR) is 97.2 cm³/mol. The fourth-order valence-electron chi connectivity index (χ4n) is 3.25. The molecule has 0 saturated carbocycles. The van der Waals surface area contributed by atoms with E-state index in [1.165, 1.54) is 0 Å². The zero-order valence-corrected chi connectivity index (χ0v) is 14.7. The summed E-state index contributed by atoms with van der Waals surface area (Å²) < 4.78 is 0. The largest absolute Gasteiger partial charge is 0.367 e.